The lowest BCUT2D eigenvalue weighted by Crippen LogP contribution is -2.29. The van der Waals surface area contributed by atoms with E-state index < -0.39 is 5.97 Å². The number of methoxy groups -OCH3 is 1. The van der Waals surface area contributed by atoms with Gasteiger partial charge in [0, 0.05) is 12.6 Å². The van der Waals surface area contributed by atoms with Gasteiger partial charge in [-0.1, -0.05) is 6.42 Å². The van der Waals surface area contributed by atoms with Crippen molar-refractivity contribution in [2.45, 2.75) is 32.7 Å². The van der Waals surface area contributed by atoms with Gasteiger partial charge < -0.3 is 13.9 Å². The normalized spacial score (nSPS) is 14.1. The number of likely N-dealkylation sites (tertiary alicyclic amines) is 1. The second kappa shape index (κ2) is 10.5. The van der Waals surface area contributed by atoms with Crippen LogP contribution in [0.25, 0.3) is 11.0 Å². The molecule has 1 saturated heterocycles. The van der Waals surface area contributed by atoms with Crippen molar-refractivity contribution in [3.05, 3.63) is 39.7 Å². The molecule has 6 nitrogen and oxygen atoms in total. The van der Waals surface area contributed by atoms with Gasteiger partial charge in [-0.3, -0.25) is 9.69 Å². The summed E-state index contributed by atoms with van der Waals surface area (Å²) in [6.07, 6.45) is 3.56. The summed E-state index contributed by atoms with van der Waals surface area (Å²) in [5.41, 5.74) is 0.942. The van der Waals surface area contributed by atoms with Crippen LogP contribution < -0.4 is 10.2 Å². The van der Waals surface area contributed by atoms with Gasteiger partial charge in [-0.05, 0) is 45.0 Å². The summed E-state index contributed by atoms with van der Waals surface area (Å²) in [4.78, 5) is 26.7. The molecular weight excluding hydrogens is 393 g/mol. The van der Waals surface area contributed by atoms with Crippen molar-refractivity contribution in [1.82, 2.24) is 4.90 Å². The lowest BCUT2D eigenvalue weighted by molar-refractivity contribution is 0.0490. The quantitative estimate of drug-likeness (QED) is 0.688. The number of fused-ring (bicyclic) bond motifs is 1. The van der Waals surface area contributed by atoms with Gasteiger partial charge in [0.2, 0.25) is 5.76 Å². The van der Waals surface area contributed by atoms with Gasteiger partial charge in [0.1, 0.15) is 11.3 Å². The molecule has 1 aromatic carbocycles. The summed E-state index contributed by atoms with van der Waals surface area (Å²) in [6.45, 7) is 4.56. The number of carbonyl (C=O) groups is 1. The summed E-state index contributed by atoms with van der Waals surface area (Å²) in [6, 6.07) is 4.65. The lowest BCUT2D eigenvalue weighted by Gasteiger charge is -2.27. The van der Waals surface area contributed by atoms with Crippen molar-refractivity contribution < 1.29 is 18.7 Å². The molecule has 0 radical (unpaired) electrons. The first kappa shape index (κ1) is 23.3. The van der Waals surface area contributed by atoms with Gasteiger partial charge in [0.05, 0.1) is 24.7 Å². The van der Waals surface area contributed by atoms with Crippen molar-refractivity contribution in [3.63, 3.8) is 0 Å². The number of piperidine rings is 1. The highest BCUT2D eigenvalue weighted by Gasteiger charge is 2.20. The third-order valence-corrected chi connectivity index (χ3v) is 4.48. The third-order valence-electron chi connectivity index (χ3n) is 4.48. The van der Waals surface area contributed by atoms with E-state index in [4.69, 9.17) is 13.9 Å². The number of rotatable bonds is 5. The molecule has 1 aliphatic rings. The first-order valence-corrected chi connectivity index (χ1v) is 8.67. The van der Waals surface area contributed by atoms with E-state index in [-0.39, 0.29) is 42.6 Å². The Balaban J connectivity index is 0.00000182. The molecule has 0 N–H and O–H groups in total. The topological polar surface area (TPSA) is 69.0 Å². The average molecular weight is 418 g/mol. The van der Waals surface area contributed by atoms with Crippen LogP contribution >= 0.6 is 24.8 Å². The molecule has 2 aromatic rings. The van der Waals surface area contributed by atoms with Crippen LogP contribution in [0.15, 0.2) is 27.4 Å². The highest BCUT2D eigenvalue weighted by atomic mass is 35.5. The maximum absolute atomic E-state index is 12.4. The van der Waals surface area contributed by atoms with Crippen molar-refractivity contribution in [1.29, 1.82) is 0 Å². The molecule has 0 unspecified atom stereocenters. The van der Waals surface area contributed by atoms with Crippen LogP contribution in [-0.2, 0) is 11.3 Å². The Kier molecular flexibility index (Phi) is 9.09. The van der Waals surface area contributed by atoms with E-state index in [1.807, 2.05) is 0 Å². The minimum Gasteiger partial charge on any atom is -0.496 e. The minimum atomic E-state index is -0.631. The fraction of sp³-hybridized carbons (Fsp3) is 0.474. The number of nitrogens with zero attached hydrogens (tertiary/aromatic N) is 1. The van der Waals surface area contributed by atoms with Crippen LogP contribution in [0.1, 0.15) is 42.3 Å². The predicted molar refractivity (Wildman–Crippen MR) is 109 cm³/mol. The molecule has 0 atom stereocenters. The van der Waals surface area contributed by atoms with Gasteiger partial charge in [0.15, 0.2) is 5.43 Å². The number of hydrogen-bond acceptors (Lipinski definition) is 6. The van der Waals surface area contributed by atoms with Crippen molar-refractivity contribution in [2.24, 2.45) is 0 Å². The van der Waals surface area contributed by atoms with Crippen LogP contribution in [0, 0.1) is 0 Å². The fourth-order valence-corrected chi connectivity index (χ4v) is 3.24. The summed E-state index contributed by atoms with van der Waals surface area (Å²) >= 11 is 0. The molecule has 0 saturated carbocycles. The third kappa shape index (κ3) is 5.15. The van der Waals surface area contributed by atoms with Crippen LogP contribution in [-0.4, -0.2) is 37.7 Å². The van der Waals surface area contributed by atoms with Crippen LogP contribution in [0.4, 0.5) is 0 Å². The molecule has 8 heteroatoms. The molecule has 2 heterocycles. The number of halogens is 2. The van der Waals surface area contributed by atoms with E-state index >= 15 is 0 Å². The molecule has 0 amide bonds. The summed E-state index contributed by atoms with van der Waals surface area (Å²) in [5.74, 6) is -0.0528. The van der Waals surface area contributed by atoms with Crippen LogP contribution in [0.3, 0.4) is 0 Å². The van der Waals surface area contributed by atoms with Gasteiger partial charge in [-0.25, -0.2) is 4.79 Å². The number of carbonyl (C=O) groups excluding carboxylic acids is 1. The van der Waals surface area contributed by atoms with Gasteiger partial charge in [0.25, 0.3) is 0 Å². The highest BCUT2D eigenvalue weighted by molar-refractivity contribution is 5.90. The molecule has 1 fully saturated rings. The van der Waals surface area contributed by atoms with E-state index in [0.717, 1.165) is 31.5 Å². The molecule has 1 aliphatic heterocycles. The Morgan fingerprint density at radius 1 is 1.19 bits per heavy atom. The second-order valence-electron chi connectivity index (χ2n) is 6.16. The van der Waals surface area contributed by atoms with Crippen LogP contribution in [0.2, 0.25) is 0 Å². The fourth-order valence-electron chi connectivity index (χ4n) is 3.24. The number of hydrogen-bond donors (Lipinski definition) is 0. The van der Waals surface area contributed by atoms with Gasteiger partial charge >= 0.3 is 5.97 Å². The number of ether oxygens (including phenoxy) is 2. The molecule has 0 aliphatic carbocycles. The standard InChI is InChI=1S/C19H23NO5.2ClH/c1-3-24-19(22)17-11-15(21)13-7-8-16(23-2)14(18(13)25-17)12-20-9-5-4-6-10-20;;/h7-8,11H,3-6,9-10,12H2,1-2H3;2*1H. The largest absolute Gasteiger partial charge is 0.496 e. The second-order valence-corrected chi connectivity index (χ2v) is 6.16. The predicted octanol–water partition coefficient (Wildman–Crippen LogP) is 3.81. The van der Waals surface area contributed by atoms with Gasteiger partial charge in [-0.15, -0.1) is 24.8 Å². The monoisotopic (exact) mass is 417 g/mol. The minimum absolute atomic E-state index is 0. The van der Waals surface area contributed by atoms with E-state index in [1.54, 1.807) is 26.2 Å². The zero-order valence-corrected chi connectivity index (χ0v) is 17.1. The first-order valence-electron chi connectivity index (χ1n) is 8.67. The summed E-state index contributed by atoms with van der Waals surface area (Å²) in [7, 11) is 1.59. The maximum atomic E-state index is 12.4. The van der Waals surface area contributed by atoms with E-state index in [1.165, 1.54) is 12.5 Å². The van der Waals surface area contributed by atoms with Crippen molar-refractivity contribution in [2.75, 3.05) is 26.8 Å². The number of esters is 1. The summed E-state index contributed by atoms with van der Waals surface area (Å²) in [5, 5.41) is 0.445. The zero-order chi connectivity index (χ0) is 17.8. The maximum Gasteiger partial charge on any atom is 0.374 e. The Bertz CT molecular complexity index is 831. The van der Waals surface area contributed by atoms with E-state index in [9.17, 15) is 9.59 Å². The average Bonchev–Trinajstić information content (AvgIpc) is 2.63. The Morgan fingerprint density at radius 2 is 1.89 bits per heavy atom. The van der Waals surface area contributed by atoms with E-state index in [2.05, 4.69) is 4.90 Å². The van der Waals surface area contributed by atoms with Gasteiger partial charge in [-0.2, -0.15) is 0 Å². The van der Waals surface area contributed by atoms with Crippen molar-refractivity contribution >= 4 is 41.8 Å². The molecule has 150 valence electrons. The molecule has 3 rings (SSSR count). The molecule has 0 spiro atoms. The summed E-state index contributed by atoms with van der Waals surface area (Å²) < 4.78 is 16.2. The molecule has 0 bridgehead atoms. The lowest BCUT2D eigenvalue weighted by atomic mass is 10.1. The highest BCUT2D eigenvalue weighted by Crippen LogP contribution is 2.29. The molecule has 1 aromatic heterocycles. The van der Waals surface area contributed by atoms with Crippen molar-refractivity contribution in [3.8, 4) is 5.75 Å². The molecule has 27 heavy (non-hydrogen) atoms. The molecular formula is C19H25Cl2NO5. The van der Waals surface area contributed by atoms with Crippen LogP contribution in [0.5, 0.6) is 5.75 Å². The smallest absolute Gasteiger partial charge is 0.374 e. The Hall–Kier alpha value is -1.76. The SMILES string of the molecule is CCOC(=O)c1cc(=O)c2ccc(OC)c(CN3CCCCC3)c2o1.Cl.Cl. The van der Waals surface area contributed by atoms with E-state index in [0.29, 0.717) is 23.3 Å². The Labute approximate surface area is 170 Å². The zero-order valence-electron chi connectivity index (χ0n) is 15.5. The Morgan fingerprint density at radius 3 is 2.52 bits per heavy atom. The number of benzene rings is 1. The first-order chi connectivity index (χ1) is 12.1.